The van der Waals surface area contributed by atoms with Crippen LogP contribution in [-0.2, 0) is 0 Å². The second-order valence-corrected chi connectivity index (χ2v) is 5.96. The molecule has 0 aromatic heterocycles. The molecular weight excluding hydrogens is 258 g/mol. The van der Waals surface area contributed by atoms with Crippen molar-refractivity contribution in [2.75, 3.05) is 7.05 Å². The molecule has 3 heteroatoms. The van der Waals surface area contributed by atoms with Crippen molar-refractivity contribution in [3.05, 3.63) is 28.8 Å². The van der Waals surface area contributed by atoms with E-state index in [0.29, 0.717) is 11.1 Å². The van der Waals surface area contributed by atoms with Gasteiger partial charge >= 0.3 is 0 Å². The van der Waals surface area contributed by atoms with E-state index in [9.17, 15) is 0 Å². The predicted octanol–water partition coefficient (Wildman–Crippen LogP) is 4.19. The summed E-state index contributed by atoms with van der Waals surface area (Å²) in [5.41, 5.74) is 1.42. The largest absolute Gasteiger partial charge is 0.488 e. The maximum Gasteiger partial charge on any atom is 0.138 e. The highest BCUT2D eigenvalue weighted by Crippen LogP contribution is 2.49. The molecule has 0 amide bonds. The van der Waals surface area contributed by atoms with E-state index in [-0.39, 0.29) is 11.5 Å². The maximum atomic E-state index is 6.23. The summed E-state index contributed by atoms with van der Waals surface area (Å²) in [4.78, 5) is 0. The van der Waals surface area contributed by atoms with Crippen LogP contribution in [0.15, 0.2) is 18.2 Å². The molecule has 1 aliphatic carbocycles. The van der Waals surface area contributed by atoms with Crippen LogP contribution >= 0.6 is 11.6 Å². The van der Waals surface area contributed by atoms with Gasteiger partial charge in [0.15, 0.2) is 0 Å². The van der Waals surface area contributed by atoms with Crippen LogP contribution in [-0.4, -0.2) is 19.2 Å². The molecule has 0 heterocycles. The van der Waals surface area contributed by atoms with Gasteiger partial charge in [0.25, 0.3) is 0 Å². The topological polar surface area (TPSA) is 21.3 Å². The summed E-state index contributed by atoms with van der Waals surface area (Å²) in [6.07, 6.45) is 3.58. The van der Waals surface area contributed by atoms with Crippen LogP contribution in [0.1, 0.15) is 38.7 Å². The molecule has 0 radical (unpaired) electrons. The molecule has 1 aliphatic rings. The lowest BCUT2D eigenvalue weighted by Crippen LogP contribution is -2.63. The fraction of sp³-hybridized carbons (Fsp3) is 0.625. The maximum absolute atomic E-state index is 6.23. The third-order valence-corrected chi connectivity index (χ3v) is 5.12. The van der Waals surface area contributed by atoms with Crippen molar-refractivity contribution >= 4 is 11.6 Å². The Hall–Kier alpha value is -0.730. The van der Waals surface area contributed by atoms with Crippen molar-refractivity contribution in [1.82, 2.24) is 5.32 Å². The van der Waals surface area contributed by atoms with Crippen LogP contribution in [0.3, 0.4) is 0 Å². The van der Waals surface area contributed by atoms with Gasteiger partial charge in [0.05, 0.1) is 5.02 Å². The molecule has 2 atom stereocenters. The summed E-state index contributed by atoms with van der Waals surface area (Å²) in [5, 5.41) is 4.13. The number of hydrogen-bond donors (Lipinski definition) is 1. The fourth-order valence-corrected chi connectivity index (χ4v) is 3.53. The average molecular weight is 282 g/mol. The van der Waals surface area contributed by atoms with Crippen molar-refractivity contribution in [2.24, 2.45) is 5.41 Å². The molecule has 0 aliphatic heterocycles. The number of benzene rings is 1. The Labute approximate surface area is 121 Å². The Balaban J connectivity index is 2.17. The first-order chi connectivity index (χ1) is 9.07. The minimum Gasteiger partial charge on any atom is -0.488 e. The number of rotatable bonds is 5. The Bertz CT molecular complexity index is 442. The molecule has 2 unspecified atom stereocenters. The Morgan fingerprint density at radius 3 is 2.63 bits per heavy atom. The van der Waals surface area contributed by atoms with Gasteiger partial charge in [0.1, 0.15) is 11.9 Å². The molecule has 0 saturated heterocycles. The van der Waals surface area contributed by atoms with E-state index in [1.807, 2.05) is 25.2 Å². The summed E-state index contributed by atoms with van der Waals surface area (Å²) >= 11 is 6.23. The third kappa shape index (κ3) is 2.48. The van der Waals surface area contributed by atoms with Crippen LogP contribution in [0.5, 0.6) is 5.75 Å². The summed E-state index contributed by atoms with van der Waals surface area (Å²) < 4.78 is 6.22. The zero-order chi connectivity index (χ0) is 14.0. The Kier molecular flexibility index (Phi) is 4.42. The number of nitrogens with one attached hydrogen (secondary N) is 1. The smallest absolute Gasteiger partial charge is 0.138 e. The molecule has 1 aromatic carbocycles. The first-order valence-corrected chi connectivity index (χ1v) is 7.55. The van der Waals surface area contributed by atoms with Gasteiger partial charge in [-0.05, 0) is 44.5 Å². The van der Waals surface area contributed by atoms with Crippen LogP contribution in [0.4, 0.5) is 0 Å². The highest BCUT2D eigenvalue weighted by Gasteiger charge is 2.53. The lowest BCUT2D eigenvalue weighted by molar-refractivity contribution is -0.0835. The highest BCUT2D eigenvalue weighted by molar-refractivity contribution is 6.32. The van der Waals surface area contributed by atoms with Crippen LogP contribution < -0.4 is 10.1 Å². The van der Waals surface area contributed by atoms with Gasteiger partial charge in [-0.2, -0.15) is 0 Å². The van der Waals surface area contributed by atoms with Crippen LogP contribution in [0.2, 0.25) is 5.02 Å². The van der Waals surface area contributed by atoms with Crippen LogP contribution in [0, 0.1) is 12.3 Å². The highest BCUT2D eigenvalue weighted by atomic mass is 35.5. The molecule has 1 N–H and O–H groups in total. The molecule has 2 nitrogen and oxygen atoms in total. The normalized spacial score (nSPS) is 24.9. The van der Waals surface area contributed by atoms with Gasteiger partial charge in [-0.15, -0.1) is 0 Å². The quantitative estimate of drug-likeness (QED) is 0.874. The SMILES string of the molecule is CCC1(CC)C(NC)CC1Oc1cc(C)ccc1Cl. The van der Waals surface area contributed by atoms with Crippen molar-refractivity contribution in [3.8, 4) is 5.75 Å². The predicted molar refractivity (Wildman–Crippen MR) is 81.1 cm³/mol. The molecule has 106 valence electrons. The molecule has 19 heavy (non-hydrogen) atoms. The first-order valence-electron chi connectivity index (χ1n) is 7.17. The van der Waals surface area contributed by atoms with Crippen molar-refractivity contribution in [3.63, 3.8) is 0 Å². The van der Waals surface area contributed by atoms with E-state index < -0.39 is 0 Å². The third-order valence-electron chi connectivity index (χ3n) is 4.81. The molecule has 1 aromatic rings. The van der Waals surface area contributed by atoms with E-state index in [0.717, 1.165) is 25.0 Å². The zero-order valence-electron chi connectivity index (χ0n) is 12.3. The summed E-state index contributed by atoms with van der Waals surface area (Å²) in [6, 6.07) is 6.51. The second-order valence-electron chi connectivity index (χ2n) is 5.56. The standard InChI is InChI=1S/C16H24ClNO/c1-5-16(6-2)14(18-4)10-15(16)19-13-9-11(3)7-8-12(13)17/h7-9,14-15,18H,5-6,10H2,1-4H3. The molecule has 1 saturated carbocycles. The Morgan fingerprint density at radius 1 is 1.37 bits per heavy atom. The number of halogens is 1. The minimum atomic E-state index is 0.238. The lowest BCUT2D eigenvalue weighted by Gasteiger charge is -2.55. The lowest BCUT2D eigenvalue weighted by atomic mass is 9.58. The molecular formula is C16H24ClNO. The van der Waals surface area contributed by atoms with Crippen LogP contribution in [0.25, 0.3) is 0 Å². The number of hydrogen-bond acceptors (Lipinski definition) is 2. The van der Waals surface area contributed by atoms with Gasteiger partial charge in [0, 0.05) is 17.9 Å². The summed E-state index contributed by atoms with van der Waals surface area (Å²) in [6.45, 7) is 6.57. The van der Waals surface area contributed by atoms with Crippen molar-refractivity contribution in [1.29, 1.82) is 0 Å². The van der Waals surface area contributed by atoms with E-state index in [1.165, 1.54) is 5.56 Å². The number of ether oxygens (including phenoxy) is 1. The van der Waals surface area contributed by atoms with Crippen molar-refractivity contribution in [2.45, 2.75) is 52.2 Å². The summed E-state index contributed by atoms with van der Waals surface area (Å²) in [7, 11) is 2.04. The van der Waals surface area contributed by atoms with Gasteiger partial charge in [-0.25, -0.2) is 0 Å². The average Bonchev–Trinajstić information content (AvgIpc) is 2.39. The van der Waals surface area contributed by atoms with E-state index in [1.54, 1.807) is 0 Å². The minimum absolute atomic E-state index is 0.238. The summed E-state index contributed by atoms with van der Waals surface area (Å²) in [5.74, 6) is 0.826. The second kappa shape index (κ2) is 5.72. The monoisotopic (exact) mass is 281 g/mol. The molecule has 0 spiro atoms. The van der Waals surface area contributed by atoms with Gasteiger partial charge in [-0.3, -0.25) is 0 Å². The van der Waals surface area contributed by atoms with Gasteiger partial charge in [-0.1, -0.05) is 31.5 Å². The fourth-order valence-electron chi connectivity index (χ4n) is 3.37. The first kappa shape index (κ1) is 14.7. The van der Waals surface area contributed by atoms with E-state index >= 15 is 0 Å². The molecule has 1 fully saturated rings. The van der Waals surface area contributed by atoms with Gasteiger partial charge in [0.2, 0.25) is 0 Å². The molecule has 0 bridgehead atoms. The number of aryl methyl sites for hydroxylation is 1. The Morgan fingerprint density at radius 2 is 2.05 bits per heavy atom. The van der Waals surface area contributed by atoms with E-state index in [2.05, 4.69) is 26.1 Å². The molecule has 2 rings (SSSR count). The van der Waals surface area contributed by atoms with Crippen molar-refractivity contribution < 1.29 is 4.74 Å². The van der Waals surface area contributed by atoms with E-state index in [4.69, 9.17) is 16.3 Å². The zero-order valence-corrected chi connectivity index (χ0v) is 13.1. The van der Waals surface area contributed by atoms with Gasteiger partial charge < -0.3 is 10.1 Å².